The summed E-state index contributed by atoms with van der Waals surface area (Å²) in [5, 5.41) is 6.98. The van der Waals surface area contributed by atoms with Crippen LogP contribution in [0.2, 0.25) is 5.02 Å². The van der Waals surface area contributed by atoms with Crippen LogP contribution < -0.4 is 15.4 Å². The first-order valence-electron chi connectivity index (χ1n) is 18.1. The highest BCUT2D eigenvalue weighted by Gasteiger charge is 2.52. The number of amides is 1. The van der Waals surface area contributed by atoms with E-state index >= 15 is 8.78 Å². The predicted octanol–water partition coefficient (Wildman–Crippen LogP) is 10.1. The Morgan fingerprint density at radius 3 is 2.31 bits per heavy atom. The lowest BCUT2D eigenvalue weighted by atomic mass is 9.93. The van der Waals surface area contributed by atoms with Crippen LogP contribution in [-0.2, 0) is 17.8 Å². The molecule has 1 fully saturated rings. The second-order valence-corrected chi connectivity index (χ2v) is 17.3. The van der Waals surface area contributed by atoms with Gasteiger partial charge < -0.3 is 15.4 Å². The maximum absolute atomic E-state index is 15.1. The summed E-state index contributed by atoms with van der Waals surface area (Å²) in [6.07, 6.45) is -7.99. The minimum atomic E-state index is -5.19. The first-order valence-corrected chi connectivity index (χ1v) is 20.9. The summed E-state index contributed by atoms with van der Waals surface area (Å²) in [5.74, 6) is -2.35. The number of nitrogens with two attached hydrogens (primary N) is 1. The number of anilines is 1. The Morgan fingerprint density at radius 2 is 1.72 bits per heavy atom. The fraction of sp³-hybridized carbons (Fsp3) is 0.400. The number of hydrogen-bond donors (Lipinski definition) is 2. The number of rotatable bonds is 11. The van der Waals surface area contributed by atoms with Crippen molar-refractivity contribution >= 4 is 63.7 Å². The summed E-state index contributed by atoms with van der Waals surface area (Å²) >= 11 is 9.19. The SMILES string of the molecule is CSN(C)c1nn(CC(F)(F)F)c2c(-c3ccc(C#CC(C)(C)SC)nc3C(Cc3cc(F)cc(F)c3)NC(=O)CN=C3/C(=C(\N)C(F)(F)F)[C@@H](C)CC3(F)F)ccc(Cl)c12. The molecule has 0 saturated heterocycles. The van der Waals surface area contributed by atoms with Gasteiger partial charge in [0.2, 0.25) is 5.91 Å². The van der Waals surface area contributed by atoms with Gasteiger partial charge in [-0.3, -0.25) is 14.5 Å². The standard InChI is InChI=1S/C40H38ClF10N7OS2/c1-20-17-38(44,45)35(30(20)34(52)40(49,50)51)53-18-29(59)55-28(15-21-13-22(42)16-23(43)14-21)32-25(8-7-24(54-32)11-12-37(2,3)60-5)26-9-10-27(41)31-33(26)58(19-39(46,47)48)56-36(31)57(4)61-6/h7-10,13-14,16,20,28H,15,17-19,52H2,1-6H3,(H,55,59)/b34-30-,53-35?/t20-,28?/m0/s1. The molecule has 3 N–H and O–H groups in total. The molecule has 328 valence electrons. The third kappa shape index (κ3) is 11.1. The van der Waals surface area contributed by atoms with Gasteiger partial charge in [-0.05, 0) is 74.3 Å². The fourth-order valence-electron chi connectivity index (χ4n) is 6.71. The van der Waals surface area contributed by atoms with Crippen molar-refractivity contribution in [2.24, 2.45) is 16.6 Å². The average Bonchev–Trinajstić information content (AvgIpc) is 3.63. The van der Waals surface area contributed by atoms with Crippen molar-refractivity contribution in [2.75, 3.05) is 30.4 Å². The number of aromatic nitrogens is 3. The quantitative estimate of drug-likeness (QED) is 0.0878. The lowest BCUT2D eigenvalue weighted by Crippen LogP contribution is -2.34. The van der Waals surface area contributed by atoms with Gasteiger partial charge in [0.25, 0.3) is 5.92 Å². The number of fused-ring (bicyclic) bond motifs is 1. The van der Waals surface area contributed by atoms with Crippen molar-refractivity contribution in [3.63, 3.8) is 0 Å². The number of carbonyl (C=O) groups is 1. The number of thioether (sulfide) groups is 1. The Bertz CT molecular complexity index is 2440. The van der Waals surface area contributed by atoms with Gasteiger partial charge in [0, 0.05) is 42.5 Å². The topological polar surface area (TPSA) is 101 Å². The van der Waals surface area contributed by atoms with Crippen LogP contribution in [0.4, 0.5) is 49.7 Å². The molecular formula is C40H38ClF10N7OS2. The van der Waals surface area contributed by atoms with Crippen LogP contribution in [0.1, 0.15) is 50.2 Å². The summed E-state index contributed by atoms with van der Waals surface area (Å²) in [6, 6.07) is 6.79. The van der Waals surface area contributed by atoms with E-state index in [1.54, 1.807) is 13.3 Å². The Kier molecular flexibility index (Phi) is 14.0. The molecule has 21 heteroatoms. The van der Waals surface area contributed by atoms with E-state index in [9.17, 15) is 39.9 Å². The van der Waals surface area contributed by atoms with E-state index in [0.717, 1.165) is 31.0 Å². The second-order valence-electron chi connectivity index (χ2n) is 14.6. The monoisotopic (exact) mass is 921 g/mol. The number of pyridine rings is 1. The lowest BCUT2D eigenvalue weighted by Gasteiger charge is -2.23. The number of alkyl halides is 8. The molecule has 2 atom stereocenters. The van der Waals surface area contributed by atoms with E-state index in [1.165, 1.54) is 40.3 Å². The summed E-state index contributed by atoms with van der Waals surface area (Å²) in [6.45, 7) is 2.05. The van der Waals surface area contributed by atoms with Crippen molar-refractivity contribution in [1.29, 1.82) is 0 Å². The molecule has 2 aromatic heterocycles. The Balaban J connectivity index is 1.77. The molecule has 0 bridgehead atoms. The van der Waals surface area contributed by atoms with E-state index < -0.39 is 95.4 Å². The minimum absolute atomic E-state index is 0.0381. The van der Waals surface area contributed by atoms with Gasteiger partial charge >= 0.3 is 12.4 Å². The van der Waals surface area contributed by atoms with Crippen LogP contribution in [-0.4, -0.2) is 75.5 Å². The number of hydrogen-bond acceptors (Lipinski definition) is 8. The van der Waals surface area contributed by atoms with E-state index in [0.29, 0.717) is 10.7 Å². The van der Waals surface area contributed by atoms with E-state index in [2.05, 4.69) is 27.2 Å². The zero-order valence-electron chi connectivity index (χ0n) is 33.2. The summed E-state index contributed by atoms with van der Waals surface area (Å²) < 4.78 is 144. The number of nitrogens with one attached hydrogen (secondary N) is 1. The molecule has 1 aliphatic carbocycles. The molecule has 1 unspecified atom stereocenters. The van der Waals surface area contributed by atoms with Crippen LogP contribution in [0.5, 0.6) is 0 Å². The normalized spacial score (nSPS) is 17.7. The molecule has 1 aliphatic rings. The number of allylic oxidation sites excluding steroid dienone is 2. The first kappa shape index (κ1) is 47.4. The summed E-state index contributed by atoms with van der Waals surface area (Å²) in [4.78, 5) is 22.1. The van der Waals surface area contributed by atoms with Gasteiger partial charge in [0.05, 0.1) is 32.4 Å². The minimum Gasteiger partial charge on any atom is -0.394 e. The van der Waals surface area contributed by atoms with Crippen molar-refractivity contribution in [3.05, 3.63) is 87.3 Å². The molecule has 2 heterocycles. The molecule has 61 heavy (non-hydrogen) atoms. The number of nitrogens with zero attached hydrogens (tertiary/aromatic N) is 5. The maximum Gasteiger partial charge on any atom is 0.431 e. The molecule has 0 radical (unpaired) electrons. The molecule has 4 aromatic rings. The Hall–Kier alpha value is -4.61. The second kappa shape index (κ2) is 18.0. The highest BCUT2D eigenvalue weighted by Crippen LogP contribution is 2.45. The van der Waals surface area contributed by atoms with Crippen LogP contribution >= 0.6 is 35.3 Å². The van der Waals surface area contributed by atoms with Crippen molar-refractivity contribution in [1.82, 2.24) is 20.1 Å². The van der Waals surface area contributed by atoms with Crippen molar-refractivity contribution in [3.8, 4) is 23.0 Å². The fourth-order valence-corrected chi connectivity index (χ4v) is 7.40. The molecular weight excluding hydrogens is 884 g/mol. The molecule has 1 saturated carbocycles. The molecule has 5 rings (SSSR count). The molecule has 0 spiro atoms. The summed E-state index contributed by atoms with van der Waals surface area (Å²) in [5.41, 5.74) is 1.19. The van der Waals surface area contributed by atoms with Gasteiger partial charge in [-0.2, -0.15) is 40.2 Å². The lowest BCUT2D eigenvalue weighted by molar-refractivity contribution is -0.141. The van der Waals surface area contributed by atoms with Crippen LogP contribution in [0.25, 0.3) is 22.0 Å². The highest BCUT2D eigenvalue weighted by atomic mass is 35.5. The van der Waals surface area contributed by atoms with Crippen LogP contribution in [0.15, 0.2) is 58.7 Å². The molecule has 8 nitrogen and oxygen atoms in total. The number of benzene rings is 2. The van der Waals surface area contributed by atoms with Gasteiger partial charge in [0.1, 0.15) is 41.8 Å². The van der Waals surface area contributed by atoms with E-state index in [1.807, 2.05) is 20.1 Å². The largest absolute Gasteiger partial charge is 0.431 e. The Morgan fingerprint density at radius 1 is 1.08 bits per heavy atom. The van der Waals surface area contributed by atoms with Crippen molar-refractivity contribution < 1.29 is 48.7 Å². The number of aliphatic imine (C=N–C) groups is 1. The van der Waals surface area contributed by atoms with Gasteiger partial charge in [-0.1, -0.05) is 42.5 Å². The van der Waals surface area contributed by atoms with E-state index in [-0.39, 0.29) is 49.8 Å². The van der Waals surface area contributed by atoms with E-state index in [4.69, 9.17) is 22.3 Å². The zero-order valence-corrected chi connectivity index (χ0v) is 35.6. The molecule has 0 aliphatic heterocycles. The molecule has 2 aromatic carbocycles. The average molecular weight is 922 g/mol. The number of carbonyl (C=O) groups excluding carboxylic acids is 1. The smallest absolute Gasteiger partial charge is 0.394 e. The van der Waals surface area contributed by atoms with Gasteiger partial charge in [0.15, 0.2) is 5.82 Å². The maximum atomic E-state index is 15.1. The van der Waals surface area contributed by atoms with Crippen LogP contribution in [0.3, 0.4) is 0 Å². The molecule has 1 amide bonds. The van der Waals surface area contributed by atoms with Gasteiger partial charge in [-0.15, -0.1) is 11.8 Å². The van der Waals surface area contributed by atoms with Crippen molar-refractivity contribution in [2.45, 2.75) is 69.2 Å². The summed E-state index contributed by atoms with van der Waals surface area (Å²) in [7, 11) is 1.56. The zero-order chi connectivity index (χ0) is 45.4. The first-order chi connectivity index (χ1) is 28.2. The third-order valence-corrected chi connectivity index (χ3v) is 11.8. The van der Waals surface area contributed by atoms with Gasteiger partial charge in [-0.25, -0.2) is 13.8 Å². The predicted molar refractivity (Wildman–Crippen MR) is 220 cm³/mol. The Labute approximate surface area is 357 Å². The highest BCUT2D eigenvalue weighted by molar-refractivity contribution is 8.00. The number of halogens is 11. The third-order valence-electron chi connectivity index (χ3n) is 9.60. The van der Waals surface area contributed by atoms with Crippen LogP contribution in [0, 0.1) is 29.4 Å².